The predicted octanol–water partition coefficient (Wildman–Crippen LogP) is 4.01. The molecule has 26 heavy (non-hydrogen) atoms. The molecule has 2 heterocycles. The minimum atomic E-state index is -0.113. The van der Waals surface area contributed by atoms with Crippen LogP contribution in [0.4, 0.5) is 0 Å². The normalized spacial score (nSPS) is 11.2. The van der Waals surface area contributed by atoms with Gasteiger partial charge in [0.2, 0.25) is 0 Å². The monoisotopic (exact) mass is 382 g/mol. The molecule has 0 radical (unpaired) electrons. The first-order valence-electron chi connectivity index (χ1n) is 7.98. The molecule has 2 aromatic heterocycles. The van der Waals surface area contributed by atoms with Crippen molar-refractivity contribution in [1.29, 1.82) is 0 Å². The fourth-order valence-electron chi connectivity index (χ4n) is 2.83. The van der Waals surface area contributed by atoms with Crippen LogP contribution in [0.5, 0.6) is 0 Å². The minimum absolute atomic E-state index is 0.113. The Labute approximate surface area is 159 Å². The molecule has 0 aliphatic carbocycles. The minimum Gasteiger partial charge on any atom is -0.294 e. The summed E-state index contributed by atoms with van der Waals surface area (Å²) in [7, 11) is 0. The maximum Gasteiger partial charge on any atom is 0.264 e. The van der Waals surface area contributed by atoms with Crippen LogP contribution in [0.15, 0.2) is 70.7 Å². The lowest BCUT2D eigenvalue weighted by Crippen LogP contribution is -2.21. The van der Waals surface area contributed by atoms with Crippen LogP contribution in [0.2, 0.25) is 5.02 Å². The van der Waals surface area contributed by atoms with Crippen LogP contribution in [0.25, 0.3) is 16.7 Å². The number of aromatic nitrogens is 4. The lowest BCUT2D eigenvalue weighted by atomic mass is 10.2. The largest absolute Gasteiger partial charge is 0.294 e. The number of hydrogen-bond donors (Lipinski definition) is 0. The number of rotatable bonds is 4. The Morgan fingerprint density at radius 2 is 2.00 bits per heavy atom. The van der Waals surface area contributed by atoms with E-state index >= 15 is 0 Å². The highest BCUT2D eigenvalue weighted by atomic mass is 35.5. The van der Waals surface area contributed by atoms with Crippen LogP contribution in [0.3, 0.4) is 0 Å². The molecule has 0 saturated heterocycles. The molecule has 0 aliphatic heterocycles. The number of fused-ring (bicyclic) bond motifs is 1. The predicted molar refractivity (Wildman–Crippen MR) is 105 cm³/mol. The Kier molecular flexibility index (Phi) is 4.53. The number of thioether (sulfide) groups is 1. The van der Waals surface area contributed by atoms with Crippen LogP contribution in [-0.2, 0) is 6.54 Å². The van der Waals surface area contributed by atoms with Gasteiger partial charge in [-0.1, -0.05) is 29.8 Å². The molecule has 0 saturated carbocycles. The Morgan fingerprint density at radius 1 is 1.15 bits per heavy atom. The Balaban J connectivity index is 1.75. The second-order valence-electron chi connectivity index (χ2n) is 5.80. The van der Waals surface area contributed by atoms with Crippen molar-refractivity contribution in [2.24, 2.45) is 0 Å². The molecular weight excluding hydrogens is 368 g/mol. The van der Waals surface area contributed by atoms with Gasteiger partial charge >= 0.3 is 0 Å². The summed E-state index contributed by atoms with van der Waals surface area (Å²) < 4.78 is 3.23. The van der Waals surface area contributed by atoms with Gasteiger partial charge in [-0.25, -0.2) is 9.67 Å². The number of hydrogen-bond acceptors (Lipinski definition) is 4. The van der Waals surface area contributed by atoms with E-state index in [1.54, 1.807) is 45.7 Å². The summed E-state index contributed by atoms with van der Waals surface area (Å²) in [6, 6.07) is 15.4. The van der Waals surface area contributed by atoms with Crippen molar-refractivity contribution >= 4 is 34.4 Å². The van der Waals surface area contributed by atoms with Gasteiger partial charge in [0, 0.05) is 9.92 Å². The standard InChI is InChI=1S/C19H15ClN4OS/c1-26-16-7-2-4-13(8-16)11-23-12-21-18-17(19(23)25)10-22-24(18)15-6-3-5-14(20)9-15/h2-10,12H,11H2,1H3. The van der Waals surface area contributed by atoms with E-state index in [-0.39, 0.29) is 5.56 Å². The quantitative estimate of drug-likeness (QED) is 0.500. The second kappa shape index (κ2) is 6.97. The van der Waals surface area contributed by atoms with Crippen LogP contribution in [0.1, 0.15) is 5.56 Å². The number of nitrogens with zero attached hydrogens (tertiary/aromatic N) is 4. The van der Waals surface area contributed by atoms with Crippen molar-refractivity contribution in [2.45, 2.75) is 11.4 Å². The van der Waals surface area contributed by atoms with Gasteiger partial charge < -0.3 is 0 Å². The van der Waals surface area contributed by atoms with E-state index in [2.05, 4.69) is 16.1 Å². The molecule has 7 heteroatoms. The van der Waals surface area contributed by atoms with Crippen LogP contribution >= 0.6 is 23.4 Å². The summed E-state index contributed by atoms with van der Waals surface area (Å²) in [4.78, 5) is 18.5. The van der Waals surface area contributed by atoms with E-state index in [9.17, 15) is 4.79 Å². The lowest BCUT2D eigenvalue weighted by Gasteiger charge is -2.07. The molecule has 0 N–H and O–H groups in total. The Bertz CT molecular complexity index is 1150. The second-order valence-corrected chi connectivity index (χ2v) is 7.12. The molecule has 0 bridgehead atoms. The molecule has 0 amide bonds. The molecule has 130 valence electrons. The molecule has 4 aromatic rings. The summed E-state index contributed by atoms with van der Waals surface area (Å²) in [5, 5.41) is 5.41. The van der Waals surface area contributed by atoms with Crippen molar-refractivity contribution in [3.05, 3.63) is 82.0 Å². The fraction of sp³-hybridized carbons (Fsp3) is 0.105. The van der Waals surface area contributed by atoms with Gasteiger partial charge in [0.25, 0.3) is 5.56 Å². The van der Waals surface area contributed by atoms with Crippen molar-refractivity contribution < 1.29 is 0 Å². The van der Waals surface area contributed by atoms with E-state index in [0.29, 0.717) is 22.6 Å². The van der Waals surface area contributed by atoms with E-state index in [4.69, 9.17) is 11.6 Å². The van der Waals surface area contributed by atoms with E-state index in [1.807, 2.05) is 36.6 Å². The molecule has 2 aromatic carbocycles. The van der Waals surface area contributed by atoms with Crippen LogP contribution in [-0.4, -0.2) is 25.6 Å². The fourth-order valence-corrected chi connectivity index (χ4v) is 3.49. The van der Waals surface area contributed by atoms with Gasteiger partial charge in [-0.05, 0) is 42.2 Å². The zero-order chi connectivity index (χ0) is 18.1. The van der Waals surface area contributed by atoms with Crippen molar-refractivity contribution in [2.75, 3.05) is 6.26 Å². The maximum absolute atomic E-state index is 12.8. The Hall–Kier alpha value is -2.57. The molecule has 0 aliphatic rings. The zero-order valence-corrected chi connectivity index (χ0v) is 15.5. The van der Waals surface area contributed by atoms with Crippen molar-refractivity contribution in [3.63, 3.8) is 0 Å². The number of halogens is 1. The van der Waals surface area contributed by atoms with Gasteiger partial charge in [-0.15, -0.1) is 11.8 Å². The molecule has 5 nitrogen and oxygen atoms in total. The molecule has 0 fully saturated rings. The highest BCUT2D eigenvalue weighted by Crippen LogP contribution is 2.18. The first-order chi connectivity index (χ1) is 12.7. The average Bonchev–Trinajstić information content (AvgIpc) is 3.09. The molecule has 4 rings (SSSR count). The SMILES string of the molecule is CSc1cccc(Cn2cnc3c(cnn3-c3cccc(Cl)c3)c2=O)c1. The van der Waals surface area contributed by atoms with E-state index < -0.39 is 0 Å². The number of benzene rings is 2. The van der Waals surface area contributed by atoms with Crippen molar-refractivity contribution in [1.82, 2.24) is 19.3 Å². The maximum atomic E-state index is 12.8. The zero-order valence-electron chi connectivity index (χ0n) is 14.0. The molecular formula is C19H15ClN4OS. The highest BCUT2D eigenvalue weighted by Gasteiger charge is 2.12. The lowest BCUT2D eigenvalue weighted by molar-refractivity contribution is 0.744. The third kappa shape index (κ3) is 3.13. The molecule has 0 spiro atoms. The topological polar surface area (TPSA) is 52.7 Å². The van der Waals surface area contributed by atoms with Crippen LogP contribution in [0, 0.1) is 0 Å². The summed E-state index contributed by atoms with van der Waals surface area (Å²) in [5.41, 5.74) is 2.23. The highest BCUT2D eigenvalue weighted by molar-refractivity contribution is 7.98. The third-order valence-corrected chi connectivity index (χ3v) is 5.05. The van der Waals surface area contributed by atoms with Crippen molar-refractivity contribution in [3.8, 4) is 5.69 Å². The van der Waals surface area contributed by atoms with Crippen LogP contribution < -0.4 is 5.56 Å². The summed E-state index contributed by atoms with van der Waals surface area (Å²) in [5.74, 6) is 0. The van der Waals surface area contributed by atoms with Gasteiger partial charge in [-0.3, -0.25) is 9.36 Å². The molecule has 0 atom stereocenters. The third-order valence-electron chi connectivity index (χ3n) is 4.09. The summed E-state index contributed by atoms with van der Waals surface area (Å²) in [6.45, 7) is 0.471. The smallest absolute Gasteiger partial charge is 0.264 e. The van der Waals surface area contributed by atoms with Gasteiger partial charge in [-0.2, -0.15) is 5.10 Å². The van der Waals surface area contributed by atoms with Gasteiger partial charge in [0.05, 0.1) is 18.4 Å². The average molecular weight is 383 g/mol. The van der Waals surface area contributed by atoms with Gasteiger partial charge in [0.1, 0.15) is 11.7 Å². The van der Waals surface area contributed by atoms with E-state index in [1.165, 1.54) is 4.90 Å². The Morgan fingerprint density at radius 3 is 2.81 bits per heavy atom. The molecule has 0 unspecified atom stereocenters. The van der Waals surface area contributed by atoms with E-state index in [0.717, 1.165) is 11.3 Å². The summed E-state index contributed by atoms with van der Waals surface area (Å²) in [6.07, 6.45) is 5.16. The summed E-state index contributed by atoms with van der Waals surface area (Å²) >= 11 is 7.73. The first kappa shape index (κ1) is 16.9. The first-order valence-corrected chi connectivity index (χ1v) is 9.58. The van der Waals surface area contributed by atoms with Gasteiger partial charge in [0.15, 0.2) is 5.65 Å².